The summed E-state index contributed by atoms with van der Waals surface area (Å²) in [6, 6.07) is 13.7. The molecule has 0 aliphatic carbocycles. The first-order valence-electron chi connectivity index (χ1n) is 5.50. The Balaban J connectivity index is 2.16. The summed E-state index contributed by atoms with van der Waals surface area (Å²) >= 11 is 14.2. The smallest absolute Gasteiger partial charge is 0.0424 e. The zero-order valence-corrected chi connectivity index (χ0v) is 13.2. The minimum absolute atomic E-state index is 0.0961. The molecule has 94 valence electrons. The molecule has 1 nitrogen and oxygen atoms in total. The molecule has 4 heteroatoms. The molecule has 2 aromatic rings. The normalized spacial score (nSPS) is 12.4. The maximum atomic E-state index is 6.18. The zero-order chi connectivity index (χ0) is 13.1. The summed E-state index contributed by atoms with van der Waals surface area (Å²) in [5, 5.41) is 1.24. The van der Waals surface area contributed by atoms with E-state index in [0.29, 0.717) is 10.0 Å². The van der Waals surface area contributed by atoms with Crippen molar-refractivity contribution >= 4 is 45.8 Å². The lowest BCUT2D eigenvalue weighted by molar-refractivity contribution is 0.722. The molecule has 0 amide bonds. The summed E-state index contributed by atoms with van der Waals surface area (Å²) < 4.78 is 1.22. The lowest BCUT2D eigenvalue weighted by Gasteiger charge is -2.13. The van der Waals surface area contributed by atoms with Crippen LogP contribution in [-0.4, -0.2) is 0 Å². The molecule has 0 aliphatic rings. The first-order valence-corrected chi connectivity index (χ1v) is 7.34. The van der Waals surface area contributed by atoms with Crippen LogP contribution in [0.15, 0.2) is 42.5 Å². The minimum atomic E-state index is -0.0961. The van der Waals surface area contributed by atoms with Crippen molar-refractivity contribution in [3.05, 3.63) is 67.2 Å². The molecule has 18 heavy (non-hydrogen) atoms. The Morgan fingerprint density at radius 3 is 2.11 bits per heavy atom. The van der Waals surface area contributed by atoms with E-state index in [4.69, 9.17) is 28.9 Å². The second kappa shape index (κ2) is 6.24. The Bertz CT molecular complexity index is 520. The average molecular weight is 392 g/mol. The molecule has 2 aromatic carbocycles. The standard InChI is InChI=1S/C14H12Cl2IN/c15-11-6-10(7-12(16)8-11)14(18)5-9-1-3-13(17)4-2-9/h1-4,6-8,14H,5,18H2. The highest BCUT2D eigenvalue weighted by molar-refractivity contribution is 14.1. The van der Waals surface area contributed by atoms with E-state index in [2.05, 4.69) is 46.9 Å². The van der Waals surface area contributed by atoms with Crippen molar-refractivity contribution in [1.29, 1.82) is 0 Å². The molecule has 2 N–H and O–H groups in total. The van der Waals surface area contributed by atoms with Gasteiger partial charge in [0.15, 0.2) is 0 Å². The highest BCUT2D eigenvalue weighted by Crippen LogP contribution is 2.24. The van der Waals surface area contributed by atoms with Gasteiger partial charge in [-0.25, -0.2) is 0 Å². The van der Waals surface area contributed by atoms with Crippen molar-refractivity contribution in [2.75, 3.05) is 0 Å². The molecular weight excluding hydrogens is 380 g/mol. The van der Waals surface area contributed by atoms with Crippen molar-refractivity contribution in [2.24, 2.45) is 5.73 Å². The summed E-state index contributed by atoms with van der Waals surface area (Å²) in [6.07, 6.45) is 0.771. The third kappa shape index (κ3) is 3.85. The molecule has 1 unspecified atom stereocenters. The fourth-order valence-corrected chi connectivity index (χ4v) is 2.68. The van der Waals surface area contributed by atoms with Crippen LogP contribution in [0.2, 0.25) is 10.0 Å². The number of benzene rings is 2. The Hall–Kier alpha value is -0.290. The van der Waals surface area contributed by atoms with Gasteiger partial charge in [-0.3, -0.25) is 0 Å². The Morgan fingerprint density at radius 1 is 1.00 bits per heavy atom. The van der Waals surface area contributed by atoms with Gasteiger partial charge in [0.25, 0.3) is 0 Å². The Morgan fingerprint density at radius 2 is 1.56 bits per heavy atom. The van der Waals surface area contributed by atoms with Gasteiger partial charge in [0.2, 0.25) is 0 Å². The monoisotopic (exact) mass is 391 g/mol. The van der Waals surface area contributed by atoms with Crippen LogP contribution in [0.1, 0.15) is 17.2 Å². The molecular formula is C14H12Cl2IN. The summed E-state index contributed by atoms with van der Waals surface area (Å²) in [7, 11) is 0. The van der Waals surface area contributed by atoms with E-state index in [0.717, 1.165) is 12.0 Å². The third-order valence-corrected chi connectivity index (χ3v) is 3.84. The van der Waals surface area contributed by atoms with Crippen LogP contribution in [0.4, 0.5) is 0 Å². The molecule has 0 radical (unpaired) electrons. The van der Waals surface area contributed by atoms with Gasteiger partial charge in [-0.05, 0) is 70.5 Å². The zero-order valence-electron chi connectivity index (χ0n) is 9.54. The van der Waals surface area contributed by atoms with Gasteiger partial charge in [0.1, 0.15) is 0 Å². The second-order valence-electron chi connectivity index (χ2n) is 4.14. The largest absolute Gasteiger partial charge is 0.324 e. The van der Waals surface area contributed by atoms with E-state index in [1.165, 1.54) is 9.13 Å². The number of hydrogen-bond donors (Lipinski definition) is 1. The molecule has 0 saturated heterocycles. The first-order chi connectivity index (χ1) is 8.54. The molecule has 0 fully saturated rings. The highest BCUT2D eigenvalue weighted by Gasteiger charge is 2.09. The molecule has 0 aromatic heterocycles. The van der Waals surface area contributed by atoms with E-state index in [1.807, 2.05) is 12.1 Å². The van der Waals surface area contributed by atoms with Crippen LogP contribution in [0.3, 0.4) is 0 Å². The lowest BCUT2D eigenvalue weighted by atomic mass is 10.00. The van der Waals surface area contributed by atoms with Gasteiger partial charge in [0.05, 0.1) is 0 Å². The van der Waals surface area contributed by atoms with Crippen molar-refractivity contribution in [3.63, 3.8) is 0 Å². The van der Waals surface area contributed by atoms with Crippen LogP contribution in [-0.2, 0) is 6.42 Å². The van der Waals surface area contributed by atoms with Crippen molar-refractivity contribution in [2.45, 2.75) is 12.5 Å². The van der Waals surface area contributed by atoms with E-state index in [1.54, 1.807) is 6.07 Å². The number of rotatable bonds is 3. The van der Waals surface area contributed by atoms with Crippen LogP contribution in [0.25, 0.3) is 0 Å². The maximum absolute atomic E-state index is 6.18. The summed E-state index contributed by atoms with van der Waals surface area (Å²) in [6.45, 7) is 0. The van der Waals surface area contributed by atoms with Crippen LogP contribution in [0, 0.1) is 3.57 Å². The van der Waals surface area contributed by atoms with Crippen LogP contribution >= 0.6 is 45.8 Å². The molecule has 0 aliphatic heterocycles. The summed E-state index contributed by atoms with van der Waals surface area (Å²) in [5.41, 5.74) is 8.36. The van der Waals surface area contributed by atoms with Gasteiger partial charge < -0.3 is 5.73 Å². The van der Waals surface area contributed by atoms with Gasteiger partial charge in [-0.15, -0.1) is 0 Å². The number of nitrogens with two attached hydrogens (primary N) is 1. The van der Waals surface area contributed by atoms with Gasteiger partial charge >= 0.3 is 0 Å². The number of hydrogen-bond acceptors (Lipinski definition) is 1. The second-order valence-corrected chi connectivity index (χ2v) is 6.26. The van der Waals surface area contributed by atoms with E-state index >= 15 is 0 Å². The van der Waals surface area contributed by atoms with Gasteiger partial charge in [-0.2, -0.15) is 0 Å². The SMILES string of the molecule is NC(Cc1ccc(I)cc1)c1cc(Cl)cc(Cl)c1. The quantitative estimate of drug-likeness (QED) is 0.744. The van der Waals surface area contributed by atoms with Crippen LogP contribution in [0.5, 0.6) is 0 Å². The minimum Gasteiger partial charge on any atom is -0.324 e. The first kappa shape index (κ1) is 14.1. The third-order valence-electron chi connectivity index (χ3n) is 2.68. The fourth-order valence-electron chi connectivity index (χ4n) is 1.78. The Labute approximate surface area is 130 Å². The van der Waals surface area contributed by atoms with Crippen molar-refractivity contribution < 1.29 is 0 Å². The Kier molecular flexibility index (Phi) is 4.90. The predicted molar refractivity (Wildman–Crippen MR) is 86.3 cm³/mol. The molecule has 1 atom stereocenters. The summed E-state index contributed by atoms with van der Waals surface area (Å²) in [4.78, 5) is 0. The maximum Gasteiger partial charge on any atom is 0.0424 e. The van der Waals surface area contributed by atoms with Crippen LogP contribution < -0.4 is 5.73 Å². The highest BCUT2D eigenvalue weighted by atomic mass is 127. The van der Waals surface area contributed by atoms with E-state index < -0.39 is 0 Å². The molecule has 0 spiro atoms. The lowest BCUT2D eigenvalue weighted by Crippen LogP contribution is -2.13. The molecule has 0 heterocycles. The van der Waals surface area contributed by atoms with E-state index in [-0.39, 0.29) is 6.04 Å². The molecule has 0 bridgehead atoms. The fraction of sp³-hybridized carbons (Fsp3) is 0.143. The predicted octanol–water partition coefficient (Wildman–Crippen LogP) is 4.84. The van der Waals surface area contributed by atoms with Crippen molar-refractivity contribution in [3.8, 4) is 0 Å². The average Bonchev–Trinajstić information content (AvgIpc) is 2.31. The topological polar surface area (TPSA) is 26.0 Å². The van der Waals surface area contributed by atoms with Crippen molar-refractivity contribution in [1.82, 2.24) is 0 Å². The number of halogens is 3. The molecule has 2 rings (SSSR count). The summed E-state index contributed by atoms with van der Waals surface area (Å²) in [5.74, 6) is 0. The van der Waals surface area contributed by atoms with Gasteiger partial charge in [-0.1, -0.05) is 35.3 Å². The van der Waals surface area contributed by atoms with Gasteiger partial charge in [0, 0.05) is 19.7 Å². The molecule has 0 saturated carbocycles. The van der Waals surface area contributed by atoms with E-state index in [9.17, 15) is 0 Å².